The molecular formula is C22H28F2N4O2. The van der Waals surface area contributed by atoms with E-state index < -0.39 is 11.3 Å². The summed E-state index contributed by atoms with van der Waals surface area (Å²) in [5, 5.41) is 7.03. The van der Waals surface area contributed by atoms with Crippen molar-refractivity contribution in [3.05, 3.63) is 47.3 Å². The number of nitrogens with zero attached hydrogens (tertiary/aromatic N) is 3. The number of likely N-dealkylation sites (tertiary alicyclic amines) is 2. The van der Waals surface area contributed by atoms with Crippen molar-refractivity contribution in [3.63, 3.8) is 0 Å². The molecule has 0 saturated carbocycles. The average molecular weight is 418 g/mol. The van der Waals surface area contributed by atoms with Crippen LogP contribution in [0.1, 0.15) is 36.2 Å². The number of piperidine rings is 2. The number of benzene rings is 1. The largest absolute Gasteiger partial charge is 0.497 e. The molecule has 1 aromatic carbocycles. The SMILES string of the molecule is COc1cccc(CN2CCC[C@]3(CN(Cc4cc(C)[nH]n4)CC(F)(F)C3)C2=O)c1. The minimum atomic E-state index is -2.90. The van der Waals surface area contributed by atoms with Gasteiger partial charge < -0.3 is 9.64 Å². The lowest BCUT2D eigenvalue weighted by Crippen LogP contribution is -2.60. The molecule has 2 aromatic rings. The van der Waals surface area contributed by atoms with Gasteiger partial charge in [0.1, 0.15) is 5.75 Å². The normalized spacial score (nSPS) is 24.4. The van der Waals surface area contributed by atoms with Crippen LogP contribution in [-0.4, -0.2) is 58.6 Å². The number of nitrogens with one attached hydrogen (secondary N) is 1. The molecule has 30 heavy (non-hydrogen) atoms. The number of carbonyl (C=O) groups is 1. The first kappa shape index (κ1) is 20.8. The van der Waals surface area contributed by atoms with E-state index in [-0.39, 0.29) is 18.9 Å². The molecule has 2 aliphatic heterocycles. The van der Waals surface area contributed by atoms with Crippen molar-refractivity contribution in [1.82, 2.24) is 20.0 Å². The zero-order chi connectivity index (χ0) is 21.4. The lowest BCUT2D eigenvalue weighted by Gasteiger charge is -2.49. The number of ether oxygens (including phenoxy) is 1. The van der Waals surface area contributed by atoms with E-state index in [4.69, 9.17) is 4.74 Å². The van der Waals surface area contributed by atoms with Crippen LogP contribution in [0.15, 0.2) is 30.3 Å². The van der Waals surface area contributed by atoms with Gasteiger partial charge in [0, 0.05) is 38.3 Å². The highest BCUT2D eigenvalue weighted by molar-refractivity contribution is 5.84. The molecule has 2 saturated heterocycles. The molecule has 162 valence electrons. The molecule has 2 fully saturated rings. The summed E-state index contributed by atoms with van der Waals surface area (Å²) in [6.07, 6.45) is 0.830. The van der Waals surface area contributed by atoms with Gasteiger partial charge in [0.05, 0.1) is 24.8 Å². The lowest BCUT2D eigenvalue weighted by molar-refractivity contribution is -0.170. The first-order valence-corrected chi connectivity index (χ1v) is 10.3. The van der Waals surface area contributed by atoms with Crippen molar-refractivity contribution in [2.75, 3.05) is 26.7 Å². The number of aryl methyl sites for hydroxylation is 1. The second kappa shape index (κ2) is 7.98. The molecule has 0 bridgehead atoms. The van der Waals surface area contributed by atoms with Gasteiger partial charge in [-0.3, -0.25) is 14.8 Å². The predicted molar refractivity (Wildman–Crippen MR) is 108 cm³/mol. The Labute approximate surface area is 175 Å². The van der Waals surface area contributed by atoms with Crippen LogP contribution >= 0.6 is 0 Å². The number of aromatic amines is 1. The number of halogens is 2. The number of rotatable bonds is 5. The van der Waals surface area contributed by atoms with E-state index in [0.717, 1.165) is 29.1 Å². The first-order chi connectivity index (χ1) is 14.3. The zero-order valence-corrected chi connectivity index (χ0v) is 17.5. The number of hydrogen-bond acceptors (Lipinski definition) is 4. The highest BCUT2D eigenvalue weighted by atomic mass is 19.3. The number of carbonyl (C=O) groups excluding carboxylic acids is 1. The highest BCUT2D eigenvalue weighted by Crippen LogP contribution is 2.45. The summed E-state index contributed by atoms with van der Waals surface area (Å²) in [6, 6.07) is 9.40. The molecule has 0 aliphatic carbocycles. The fourth-order valence-corrected chi connectivity index (χ4v) is 4.92. The molecule has 1 aromatic heterocycles. The number of hydrogen-bond donors (Lipinski definition) is 1. The quantitative estimate of drug-likeness (QED) is 0.809. The molecule has 1 spiro atoms. The van der Waals surface area contributed by atoms with Gasteiger partial charge in [-0.15, -0.1) is 0 Å². The van der Waals surface area contributed by atoms with E-state index in [0.29, 0.717) is 32.6 Å². The molecule has 4 rings (SSSR count). The van der Waals surface area contributed by atoms with E-state index in [1.54, 1.807) is 16.9 Å². The van der Waals surface area contributed by atoms with E-state index in [2.05, 4.69) is 10.2 Å². The van der Waals surface area contributed by atoms with Crippen LogP contribution in [0.4, 0.5) is 8.78 Å². The predicted octanol–water partition coefficient (Wildman–Crippen LogP) is 3.38. The average Bonchev–Trinajstić information content (AvgIpc) is 3.09. The summed E-state index contributed by atoms with van der Waals surface area (Å²) < 4.78 is 34.8. The standard InChI is InChI=1S/C22H28F2N4O2/c1-16-9-18(26-25-16)12-27-14-21(13-22(23,24)15-27)7-4-8-28(20(21)29)11-17-5-3-6-19(10-17)30-2/h3,5-6,9-10H,4,7-8,11-15H2,1-2H3,(H,25,26)/t21-/m0/s1. The van der Waals surface area contributed by atoms with Gasteiger partial charge in [0.15, 0.2) is 0 Å². The maximum atomic E-state index is 14.8. The van der Waals surface area contributed by atoms with Gasteiger partial charge in [-0.05, 0) is 43.5 Å². The van der Waals surface area contributed by atoms with Crippen LogP contribution in [0.3, 0.4) is 0 Å². The molecule has 8 heteroatoms. The molecule has 3 heterocycles. The Morgan fingerprint density at radius 3 is 2.80 bits per heavy atom. The van der Waals surface area contributed by atoms with Gasteiger partial charge in [0.25, 0.3) is 5.92 Å². The summed E-state index contributed by atoms with van der Waals surface area (Å²) in [7, 11) is 1.60. The summed E-state index contributed by atoms with van der Waals surface area (Å²) in [6.45, 7) is 3.17. The fraction of sp³-hybridized carbons (Fsp3) is 0.545. The Kier molecular flexibility index (Phi) is 5.53. The molecular weight excluding hydrogens is 390 g/mol. The second-order valence-electron chi connectivity index (χ2n) is 8.68. The monoisotopic (exact) mass is 418 g/mol. The molecule has 2 aliphatic rings. The van der Waals surface area contributed by atoms with Crippen molar-refractivity contribution in [2.24, 2.45) is 5.41 Å². The minimum absolute atomic E-state index is 0.167. The molecule has 1 amide bonds. The third-order valence-electron chi connectivity index (χ3n) is 6.05. The van der Waals surface area contributed by atoms with Crippen LogP contribution in [0.2, 0.25) is 0 Å². The van der Waals surface area contributed by atoms with Crippen molar-refractivity contribution in [1.29, 1.82) is 0 Å². The van der Waals surface area contributed by atoms with Crippen molar-refractivity contribution >= 4 is 5.91 Å². The lowest BCUT2D eigenvalue weighted by atomic mass is 9.71. The molecule has 0 radical (unpaired) electrons. The molecule has 0 unspecified atom stereocenters. The van der Waals surface area contributed by atoms with Crippen LogP contribution in [0.5, 0.6) is 5.75 Å². The van der Waals surface area contributed by atoms with E-state index in [1.165, 1.54) is 0 Å². The zero-order valence-electron chi connectivity index (χ0n) is 17.5. The maximum Gasteiger partial charge on any atom is 0.261 e. The topological polar surface area (TPSA) is 61.5 Å². The number of alkyl halides is 2. The van der Waals surface area contributed by atoms with E-state index in [9.17, 15) is 13.6 Å². The Morgan fingerprint density at radius 2 is 2.07 bits per heavy atom. The van der Waals surface area contributed by atoms with Crippen LogP contribution < -0.4 is 4.74 Å². The molecule has 1 atom stereocenters. The van der Waals surface area contributed by atoms with Gasteiger partial charge in [-0.1, -0.05) is 12.1 Å². The van der Waals surface area contributed by atoms with Gasteiger partial charge in [0.2, 0.25) is 5.91 Å². The summed E-state index contributed by atoms with van der Waals surface area (Å²) >= 11 is 0. The van der Waals surface area contributed by atoms with Crippen molar-refractivity contribution in [2.45, 2.75) is 45.2 Å². The Balaban J connectivity index is 1.53. The minimum Gasteiger partial charge on any atom is -0.497 e. The van der Waals surface area contributed by atoms with Crippen molar-refractivity contribution < 1.29 is 18.3 Å². The van der Waals surface area contributed by atoms with Gasteiger partial charge in [-0.25, -0.2) is 8.78 Å². The number of aromatic nitrogens is 2. The first-order valence-electron chi connectivity index (χ1n) is 10.3. The Hall–Kier alpha value is -2.48. The van der Waals surface area contributed by atoms with Gasteiger partial charge in [-0.2, -0.15) is 5.10 Å². The van der Waals surface area contributed by atoms with Crippen LogP contribution in [0.25, 0.3) is 0 Å². The van der Waals surface area contributed by atoms with Crippen LogP contribution in [0, 0.1) is 12.3 Å². The number of amides is 1. The molecule has 6 nitrogen and oxygen atoms in total. The van der Waals surface area contributed by atoms with E-state index in [1.807, 2.05) is 37.3 Å². The maximum absolute atomic E-state index is 14.8. The summed E-state index contributed by atoms with van der Waals surface area (Å²) in [4.78, 5) is 16.9. The highest BCUT2D eigenvalue weighted by Gasteiger charge is 2.55. The van der Waals surface area contributed by atoms with Crippen molar-refractivity contribution in [3.8, 4) is 5.75 Å². The molecule has 1 N–H and O–H groups in total. The second-order valence-corrected chi connectivity index (χ2v) is 8.68. The van der Waals surface area contributed by atoms with Crippen LogP contribution in [-0.2, 0) is 17.9 Å². The Bertz CT molecular complexity index is 916. The van der Waals surface area contributed by atoms with Gasteiger partial charge >= 0.3 is 0 Å². The smallest absolute Gasteiger partial charge is 0.261 e. The fourth-order valence-electron chi connectivity index (χ4n) is 4.92. The summed E-state index contributed by atoms with van der Waals surface area (Å²) in [5.41, 5.74) is 1.49. The van der Waals surface area contributed by atoms with E-state index >= 15 is 0 Å². The number of methoxy groups -OCH3 is 1. The third kappa shape index (κ3) is 4.33. The third-order valence-corrected chi connectivity index (χ3v) is 6.05. The number of H-pyrrole nitrogens is 1. The summed E-state index contributed by atoms with van der Waals surface area (Å²) in [5.74, 6) is -2.35. The Morgan fingerprint density at radius 1 is 1.23 bits per heavy atom.